The molecule has 0 fully saturated rings. The summed E-state index contributed by atoms with van der Waals surface area (Å²) in [6.07, 6.45) is 3.63. The Labute approximate surface area is 83.7 Å². The minimum Gasteiger partial charge on any atom is -0.479 e. The van der Waals surface area contributed by atoms with Crippen LogP contribution >= 0.6 is 15.9 Å². The highest BCUT2D eigenvalue weighted by atomic mass is 79.9. The van der Waals surface area contributed by atoms with Gasteiger partial charge in [0.15, 0.2) is 5.52 Å². The largest absolute Gasteiger partial charge is 0.479 e. The fourth-order valence-electron chi connectivity index (χ4n) is 1.22. The van der Waals surface area contributed by atoms with Gasteiger partial charge in [-0.2, -0.15) is 5.10 Å². The number of ether oxygens (including phenoxy) is 1. The molecular formula is C8H8BrN3O. The lowest BCUT2D eigenvalue weighted by Crippen LogP contribution is -1.90. The van der Waals surface area contributed by atoms with E-state index in [2.05, 4.69) is 26.0 Å². The van der Waals surface area contributed by atoms with Crippen LogP contribution in [0.15, 0.2) is 16.9 Å². The molecule has 0 saturated heterocycles. The molecule has 4 nitrogen and oxygen atoms in total. The Morgan fingerprint density at radius 3 is 3.00 bits per heavy atom. The molecule has 0 bridgehead atoms. The van der Waals surface area contributed by atoms with Crippen LogP contribution in [-0.4, -0.2) is 21.9 Å². The van der Waals surface area contributed by atoms with Gasteiger partial charge in [0.2, 0.25) is 5.88 Å². The van der Waals surface area contributed by atoms with E-state index in [1.54, 1.807) is 18.0 Å². The van der Waals surface area contributed by atoms with Crippen LogP contribution in [0.2, 0.25) is 0 Å². The van der Waals surface area contributed by atoms with Crippen LogP contribution < -0.4 is 4.74 Å². The SMILES string of the molecule is COc1ncc(Br)c2cn(C)nc12. The normalized spacial score (nSPS) is 10.7. The van der Waals surface area contributed by atoms with E-state index in [4.69, 9.17) is 4.74 Å². The van der Waals surface area contributed by atoms with E-state index >= 15 is 0 Å². The fourth-order valence-corrected chi connectivity index (χ4v) is 1.61. The molecule has 2 rings (SSSR count). The molecule has 13 heavy (non-hydrogen) atoms. The highest BCUT2D eigenvalue weighted by Crippen LogP contribution is 2.27. The molecule has 0 unspecified atom stereocenters. The molecule has 2 aromatic heterocycles. The second-order valence-corrected chi connectivity index (χ2v) is 3.53. The Kier molecular flexibility index (Phi) is 1.95. The van der Waals surface area contributed by atoms with Crippen LogP contribution in [0, 0.1) is 0 Å². The van der Waals surface area contributed by atoms with E-state index in [0.29, 0.717) is 5.88 Å². The zero-order valence-corrected chi connectivity index (χ0v) is 8.87. The summed E-state index contributed by atoms with van der Waals surface area (Å²) in [7, 11) is 3.45. The van der Waals surface area contributed by atoms with Crippen LogP contribution in [0.4, 0.5) is 0 Å². The van der Waals surface area contributed by atoms with Crippen molar-refractivity contribution in [2.75, 3.05) is 7.11 Å². The zero-order valence-electron chi connectivity index (χ0n) is 7.28. The zero-order chi connectivity index (χ0) is 9.42. The first-order valence-corrected chi connectivity index (χ1v) is 4.53. The van der Waals surface area contributed by atoms with Gasteiger partial charge in [0.05, 0.1) is 7.11 Å². The minimum atomic E-state index is 0.554. The molecule has 2 heterocycles. The van der Waals surface area contributed by atoms with E-state index in [1.165, 1.54) is 0 Å². The number of fused-ring (bicyclic) bond motifs is 1. The summed E-state index contributed by atoms with van der Waals surface area (Å²) in [6.45, 7) is 0. The van der Waals surface area contributed by atoms with E-state index < -0.39 is 0 Å². The Morgan fingerprint density at radius 2 is 2.31 bits per heavy atom. The van der Waals surface area contributed by atoms with Crippen LogP contribution in [0.1, 0.15) is 0 Å². The smallest absolute Gasteiger partial charge is 0.242 e. The lowest BCUT2D eigenvalue weighted by Gasteiger charge is -1.98. The van der Waals surface area contributed by atoms with Crippen molar-refractivity contribution in [3.8, 4) is 5.88 Å². The van der Waals surface area contributed by atoms with Crippen LogP contribution in [0.3, 0.4) is 0 Å². The first-order chi connectivity index (χ1) is 6.22. The molecular weight excluding hydrogens is 234 g/mol. The van der Waals surface area contributed by atoms with Crippen molar-refractivity contribution in [1.29, 1.82) is 0 Å². The number of pyridine rings is 1. The summed E-state index contributed by atoms with van der Waals surface area (Å²) in [5.74, 6) is 0.554. The molecule has 0 aliphatic rings. The molecule has 0 aromatic carbocycles. The quantitative estimate of drug-likeness (QED) is 0.764. The van der Waals surface area contributed by atoms with Gasteiger partial charge in [-0.05, 0) is 15.9 Å². The summed E-state index contributed by atoms with van der Waals surface area (Å²) in [5.41, 5.74) is 0.777. The van der Waals surface area contributed by atoms with Crippen molar-refractivity contribution < 1.29 is 4.74 Å². The van der Waals surface area contributed by atoms with E-state index in [1.807, 2.05) is 13.2 Å². The molecule has 0 atom stereocenters. The van der Waals surface area contributed by atoms with E-state index in [-0.39, 0.29) is 0 Å². The third-order valence-corrected chi connectivity index (χ3v) is 2.41. The summed E-state index contributed by atoms with van der Waals surface area (Å²) in [4.78, 5) is 4.09. The van der Waals surface area contributed by atoms with Crippen molar-refractivity contribution in [2.24, 2.45) is 7.05 Å². The van der Waals surface area contributed by atoms with Crippen molar-refractivity contribution in [3.63, 3.8) is 0 Å². The summed E-state index contributed by atoms with van der Waals surface area (Å²) < 4.78 is 7.75. The highest BCUT2D eigenvalue weighted by molar-refractivity contribution is 9.10. The Balaban J connectivity index is 2.83. The van der Waals surface area contributed by atoms with Gasteiger partial charge in [-0.1, -0.05) is 0 Å². The lowest BCUT2D eigenvalue weighted by atomic mass is 10.3. The minimum absolute atomic E-state index is 0.554. The van der Waals surface area contributed by atoms with Gasteiger partial charge in [0.1, 0.15) is 0 Å². The number of hydrogen-bond donors (Lipinski definition) is 0. The molecule has 2 aromatic rings. The van der Waals surface area contributed by atoms with Gasteiger partial charge in [-0.3, -0.25) is 4.68 Å². The van der Waals surface area contributed by atoms with E-state index in [9.17, 15) is 0 Å². The second kappa shape index (κ2) is 2.99. The predicted molar refractivity (Wildman–Crippen MR) is 52.8 cm³/mol. The average Bonchev–Trinajstić information content (AvgIpc) is 2.48. The molecule has 0 spiro atoms. The van der Waals surface area contributed by atoms with Crippen LogP contribution in [0.25, 0.3) is 10.9 Å². The van der Waals surface area contributed by atoms with Gasteiger partial charge in [0, 0.05) is 29.3 Å². The van der Waals surface area contributed by atoms with Crippen LogP contribution in [0.5, 0.6) is 5.88 Å². The van der Waals surface area contributed by atoms with Crippen LogP contribution in [-0.2, 0) is 7.05 Å². The van der Waals surface area contributed by atoms with Crippen molar-refractivity contribution in [2.45, 2.75) is 0 Å². The standard InChI is InChI=1S/C8H8BrN3O/c1-12-4-5-6(9)3-10-8(13-2)7(5)11-12/h3-4H,1-2H3. The number of aromatic nitrogens is 3. The third-order valence-electron chi connectivity index (χ3n) is 1.78. The summed E-state index contributed by atoms with van der Waals surface area (Å²) in [6, 6.07) is 0. The second-order valence-electron chi connectivity index (χ2n) is 2.68. The van der Waals surface area contributed by atoms with Gasteiger partial charge in [0.25, 0.3) is 0 Å². The molecule has 0 saturated carbocycles. The summed E-state index contributed by atoms with van der Waals surface area (Å²) in [5, 5.41) is 5.25. The van der Waals surface area contributed by atoms with E-state index in [0.717, 1.165) is 15.4 Å². The number of rotatable bonds is 1. The highest BCUT2D eigenvalue weighted by Gasteiger charge is 2.09. The summed E-state index contributed by atoms with van der Waals surface area (Å²) >= 11 is 3.40. The number of hydrogen-bond acceptors (Lipinski definition) is 3. The van der Waals surface area contributed by atoms with Gasteiger partial charge in [-0.15, -0.1) is 0 Å². The molecule has 0 aliphatic carbocycles. The molecule has 0 radical (unpaired) electrons. The molecule has 0 amide bonds. The van der Waals surface area contributed by atoms with Gasteiger partial charge < -0.3 is 4.74 Å². The molecule has 68 valence electrons. The first-order valence-electron chi connectivity index (χ1n) is 3.74. The maximum Gasteiger partial charge on any atom is 0.242 e. The molecule has 0 aliphatic heterocycles. The monoisotopic (exact) mass is 241 g/mol. The Morgan fingerprint density at radius 1 is 1.54 bits per heavy atom. The van der Waals surface area contributed by atoms with Crippen molar-refractivity contribution in [1.82, 2.24) is 14.8 Å². The average molecular weight is 242 g/mol. The number of methoxy groups -OCH3 is 1. The first kappa shape index (κ1) is 8.50. The topological polar surface area (TPSA) is 39.9 Å². The lowest BCUT2D eigenvalue weighted by molar-refractivity contribution is 0.402. The fraction of sp³-hybridized carbons (Fsp3) is 0.250. The maximum atomic E-state index is 5.09. The predicted octanol–water partition coefficient (Wildman–Crippen LogP) is 1.74. The van der Waals surface area contributed by atoms with Crippen molar-refractivity contribution in [3.05, 3.63) is 16.9 Å². The Bertz CT molecular complexity index is 452. The number of nitrogens with zero attached hydrogens (tertiary/aromatic N) is 3. The number of halogens is 1. The molecule has 0 N–H and O–H groups in total. The maximum absolute atomic E-state index is 5.09. The molecule has 5 heteroatoms. The third kappa shape index (κ3) is 1.29. The van der Waals surface area contributed by atoms with Crippen molar-refractivity contribution >= 4 is 26.8 Å². The number of aryl methyl sites for hydroxylation is 1. The van der Waals surface area contributed by atoms with Gasteiger partial charge >= 0.3 is 0 Å². The van der Waals surface area contributed by atoms with Gasteiger partial charge in [-0.25, -0.2) is 4.98 Å². The Hall–Kier alpha value is -1.10.